The predicted octanol–water partition coefficient (Wildman–Crippen LogP) is 4.78. The summed E-state index contributed by atoms with van der Waals surface area (Å²) in [6.07, 6.45) is 3.72. The third-order valence-electron chi connectivity index (χ3n) is 4.28. The second-order valence-electron chi connectivity index (χ2n) is 6.25. The minimum absolute atomic E-state index is 0.332. The van der Waals surface area contributed by atoms with Gasteiger partial charge >= 0.3 is 0 Å². The Balaban J connectivity index is 1.97. The Hall–Kier alpha value is -2.87. The molecule has 0 heterocycles. The van der Waals surface area contributed by atoms with Gasteiger partial charge in [0.25, 0.3) is 0 Å². The maximum Gasteiger partial charge on any atom is 0.222 e. The van der Waals surface area contributed by atoms with Gasteiger partial charge in [-0.15, -0.1) is 0 Å². The minimum atomic E-state index is -0.332. The molecule has 0 fully saturated rings. The average Bonchev–Trinajstić information content (AvgIpc) is 2.66. The van der Waals surface area contributed by atoms with Crippen molar-refractivity contribution in [2.45, 2.75) is 25.8 Å². The number of hydrogen-bond donors (Lipinski definition) is 1. The molecular formula is C23H22NO. The topological polar surface area (TPSA) is 29.1 Å². The number of carbonyl (C=O) groups excluding carboxylic acids is 1. The molecule has 1 unspecified atom stereocenters. The second-order valence-corrected chi connectivity index (χ2v) is 6.25. The lowest BCUT2D eigenvalue weighted by Crippen LogP contribution is -2.18. The van der Waals surface area contributed by atoms with E-state index in [9.17, 15) is 4.79 Å². The highest BCUT2D eigenvalue weighted by Crippen LogP contribution is 2.26. The summed E-state index contributed by atoms with van der Waals surface area (Å²) in [6.45, 7) is 1.82. The SMILES string of the molecule is CC([C]=O)Nc1cccc(Cc2ccccc2)c1Cc1ccccc1. The van der Waals surface area contributed by atoms with Crippen molar-refractivity contribution in [2.75, 3.05) is 5.32 Å². The van der Waals surface area contributed by atoms with Crippen LogP contribution in [-0.4, -0.2) is 12.3 Å². The van der Waals surface area contributed by atoms with Crippen LogP contribution in [0.3, 0.4) is 0 Å². The Bertz CT molecular complexity index is 812. The van der Waals surface area contributed by atoms with E-state index in [2.05, 4.69) is 59.9 Å². The fourth-order valence-electron chi connectivity index (χ4n) is 3.02. The molecule has 3 aromatic carbocycles. The van der Waals surface area contributed by atoms with Crippen LogP contribution in [0.2, 0.25) is 0 Å². The van der Waals surface area contributed by atoms with Crippen LogP contribution in [0.4, 0.5) is 5.69 Å². The van der Waals surface area contributed by atoms with E-state index < -0.39 is 0 Å². The van der Waals surface area contributed by atoms with E-state index in [1.165, 1.54) is 22.3 Å². The summed E-state index contributed by atoms with van der Waals surface area (Å²) in [7, 11) is 0. The molecule has 0 aliphatic rings. The van der Waals surface area contributed by atoms with Crippen LogP contribution >= 0.6 is 0 Å². The van der Waals surface area contributed by atoms with E-state index in [1.807, 2.05) is 37.5 Å². The second kappa shape index (κ2) is 8.29. The summed E-state index contributed by atoms with van der Waals surface area (Å²) in [5.41, 5.74) is 6.06. The van der Waals surface area contributed by atoms with Crippen molar-refractivity contribution >= 4 is 12.0 Å². The Morgan fingerprint density at radius 3 is 2.00 bits per heavy atom. The van der Waals surface area contributed by atoms with Crippen molar-refractivity contribution in [1.82, 2.24) is 0 Å². The van der Waals surface area contributed by atoms with Gasteiger partial charge in [0, 0.05) is 5.69 Å². The number of rotatable bonds is 7. The molecule has 0 amide bonds. The first kappa shape index (κ1) is 17.0. The lowest BCUT2D eigenvalue weighted by atomic mass is 9.93. The maximum absolute atomic E-state index is 11.0. The summed E-state index contributed by atoms with van der Waals surface area (Å²) in [4.78, 5) is 11.0. The van der Waals surface area contributed by atoms with Crippen LogP contribution in [0, 0.1) is 0 Å². The Morgan fingerprint density at radius 2 is 1.40 bits per heavy atom. The number of benzene rings is 3. The van der Waals surface area contributed by atoms with Gasteiger partial charge in [-0.2, -0.15) is 0 Å². The normalized spacial score (nSPS) is 11.7. The van der Waals surface area contributed by atoms with E-state index in [4.69, 9.17) is 0 Å². The van der Waals surface area contributed by atoms with Crippen LogP contribution in [0.1, 0.15) is 29.2 Å². The van der Waals surface area contributed by atoms with Crippen molar-refractivity contribution in [1.29, 1.82) is 0 Å². The largest absolute Gasteiger partial charge is 0.375 e. The van der Waals surface area contributed by atoms with Crippen LogP contribution in [-0.2, 0) is 17.6 Å². The Kier molecular flexibility index (Phi) is 5.63. The van der Waals surface area contributed by atoms with Crippen molar-refractivity contribution in [3.05, 3.63) is 101 Å². The highest BCUT2D eigenvalue weighted by molar-refractivity contribution is 5.67. The summed E-state index contributed by atoms with van der Waals surface area (Å²) < 4.78 is 0. The summed E-state index contributed by atoms with van der Waals surface area (Å²) in [5.74, 6) is 0. The van der Waals surface area contributed by atoms with Crippen LogP contribution < -0.4 is 5.32 Å². The van der Waals surface area contributed by atoms with Gasteiger partial charge in [-0.25, -0.2) is 0 Å². The molecule has 0 aliphatic carbocycles. The van der Waals surface area contributed by atoms with E-state index >= 15 is 0 Å². The molecule has 3 aromatic rings. The molecule has 0 aromatic heterocycles. The number of nitrogens with one attached hydrogen (secondary N) is 1. The lowest BCUT2D eigenvalue weighted by Gasteiger charge is -2.18. The van der Waals surface area contributed by atoms with Gasteiger partial charge in [-0.1, -0.05) is 72.8 Å². The van der Waals surface area contributed by atoms with Crippen molar-refractivity contribution in [2.24, 2.45) is 0 Å². The Morgan fingerprint density at radius 1 is 0.800 bits per heavy atom. The zero-order chi connectivity index (χ0) is 17.5. The van der Waals surface area contributed by atoms with Crippen LogP contribution in [0.5, 0.6) is 0 Å². The molecule has 2 heteroatoms. The molecule has 1 N–H and O–H groups in total. The zero-order valence-electron chi connectivity index (χ0n) is 14.4. The van der Waals surface area contributed by atoms with Gasteiger partial charge in [0.15, 0.2) is 0 Å². The van der Waals surface area contributed by atoms with Gasteiger partial charge in [-0.05, 0) is 48.1 Å². The van der Waals surface area contributed by atoms with Gasteiger partial charge in [0.05, 0.1) is 6.04 Å². The number of hydrogen-bond acceptors (Lipinski definition) is 2. The first-order chi connectivity index (χ1) is 12.3. The fourth-order valence-corrected chi connectivity index (χ4v) is 3.02. The van der Waals surface area contributed by atoms with Gasteiger partial charge in [0.2, 0.25) is 6.29 Å². The molecule has 0 saturated carbocycles. The Labute approximate surface area is 149 Å². The highest BCUT2D eigenvalue weighted by Gasteiger charge is 2.12. The molecule has 25 heavy (non-hydrogen) atoms. The summed E-state index contributed by atoms with van der Waals surface area (Å²) in [5, 5.41) is 3.28. The summed E-state index contributed by atoms with van der Waals surface area (Å²) >= 11 is 0. The molecule has 1 radical (unpaired) electrons. The molecule has 0 spiro atoms. The molecule has 1 atom stereocenters. The van der Waals surface area contributed by atoms with Crippen molar-refractivity contribution < 1.29 is 4.79 Å². The number of anilines is 1. The maximum atomic E-state index is 11.0. The molecular weight excluding hydrogens is 306 g/mol. The monoisotopic (exact) mass is 328 g/mol. The fraction of sp³-hybridized carbons (Fsp3) is 0.174. The quantitative estimate of drug-likeness (QED) is 0.676. The minimum Gasteiger partial charge on any atom is -0.375 e. The molecule has 125 valence electrons. The van der Waals surface area contributed by atoms with E-state index in [-0.39, 0.29) is 6.04 Å². The highest BCUT2D eigenvalue weighted by atomic mass is 16.1. The zero-order valence-corrected chi connectivity index (χ0v) is 14.4. The molecule has 0 bridgehead atoms. The van der Waals surface area contributed by atoms with Gasteiger partial charge in [-0.3, -0.25) is 4.79 Å². The first-order valence-corrected chi connectivity index (χ1v) is 8.59. The standard InChI is InChI=1S/C23H22NO/c1-18(17-25)24-23-14-8-13-21(15-19-9-4-2-5-10-19)22(23)16-20-11-6-3-7-12-20/h2-14,18,24H,15-16H2,1H3. The van der Waals surface area contributed by atoms with Gasteiger partial charge in [0.1, 0.15) is 0 Å². The summed E-state index contributed by atoms with van der Waals surface area (Å²) in [6, 6.07) is 26.8. The third-order valence-corrected chi connectivity index (χ3v) is 4.28. The molecule has 0 saturated heterocycles. The lowest BCUT2D eigenvalue weighted by molar-refractivity contribution is 0.549. The predicted molar refractivity (Wildman–Crippen MR) is 104 cm³/mol. The van der Waals surface area contributed by atoms with Gasteiger partial charge < -0.3 is 5.32 Å². The van der Waals surface area contributed by atoms with Crippen molar-refractivity contribution in [3.63, 3.8) is 0 Å². The van der Waals surface area contributed by atoms with Crippen LogP contribution in [0.25, 0.3) is 0 Å². The third kappa shape index (κ3) is 4.57. The van der Waals surface area contributed by atoms with Crippen LogP contribution in [0.15, 0.2) is 78.9 Å². The smallest absolute Gasteiger partial charge is 0.222 e. The van der Waals surface area contributed by atoms with E-state index in [0.717, 1.165) is 18.5 Å². The average molecular weight is 328 g/mol. The van der Waals surface area contributed by atoms with E-state index in [0.29, 0.717) is 0 Å². The molecule has 3 rings (SSSR count). The molecule has 0 aliphatic heterocycles. The van der Waals surface area contributed by atoms with E-state index in [1.54, 1.807) is 0 Å². The molecule has 2 nitrogen and oxygen atoms in total. The van der Waals surface area contributed by atoms with Crippen molar-refractivity contribution in [3.8, 4) is 0 Å². The first-order valence-electron chi connectivity index (χ1n) is 8.59.